The van der Waals surface area contributed by atoms with E-state index in [2.05, 4.69) is 44.2 Å². The zero-order valence-corrected chi connectivity index (χ0v) is 14.8. The minimum atomic E-state index is -0.248. The zero-order chi connectivity index (χ0) is 16.4. The Bertz CT molecular complexity index is 694. The molecule has 1 aliphatic rings. The van der Waals surface area contributed by atoms with Crippen LogP contribution in [0.4, 0.5) is 5.69 Å². The van der Waals surface area contributed by atoms with Gasteiger partial charge in [0.2, 0.25) is 5.91 Å². The second-order valence-electron chi connectivity index (χ2n) is 5.94. The van der Waals surface area contributed by atoms with Crippen LogP contribution in [-0.2, 0) is 4.79 Å². The number of benzene rings is 2. The normalized spacial score (nSPS) is 20.5. The molecular formula is C18H20BrN3O. The molecule has 5 heteroatoms. The molecule has 3 N–H and O–H groups in total. The molecule has 0 saturated carbocycles. The largest absolute Gasteiger partial charge is 0.324 e. The predicted octanol–water partition coefficient (Wildman–Crippen LogP) is 3.61. The number of aryl methyl sites for hydroxylation is 2. The zero-order valence-electron chi connectivity index (χ0n) is 13.2. The van der Waals surface area contributed by atoms with Crippen molar-refractivity contribution in [1.82, 2.24) is 10.9 Å². The highest BCUT2D eigenvalue weighted by Gasteiger charge is 2.30. The van der Waals surface area contributed by atoms with E-state index in [1.807, 2.05) is 44.2 Å². The van der Waals surface area contributed by atoms with Crippen LogP contribution in [0, 0.1) is 13.8 Å². The quantitative estimate of drug-likeness (QED) is 0.769. The molecule has 3 rings (SSSR count). The maximum absolute atomic E-state index is 12.5. The lowest BCUT2D eigenvalue weighted by Crippen LogP contribution is -2.39. The van der Waals surface area contributed by atoms with E-state index in [9.17, 15) is 4.79 Å². The van der Waals surface area contributed by atoms with Gasteiger partial charge in [-0.3, -0.25) is 4.79 Å². The minimum absolute atomic E-state index is 0.00508. The number of amides is 1. The molecule has 23 heavy (non-hydrogen) atoms. The fourth-order valence-electron chi connectivity index (χ4n) is 2.86. The first kappa shape index (κ1) is 16.2. The van der Waals surface area contributed by atoms with Gasteiger partial charge in [-0.05, 0) is 49.1 Å². The van der Waals surface area contributed by atoms with Gasteiger partial charge in [0.05, 0.1) is 0 Å². The van der Waals surface area contributed by atoms with Gasteiger partial charge < -0.3 is 5.32 Å². The average molecular weight is 374 g/mol. The summed E-state index contributed by atoms with van der Waals surface area (Å²) in [4.78, 5) is 12.5. The molecule has 2 atom stereocenters. The molecule has 4 nitrogen and oxygen atoms in total. The van der Waals surface area contributed by atoms with Gasteiger partial charge in [-0.15, -0.1) is 0 Å². The third kappa shape index (κ3) is 3.63. The first-order chi connectivity index (χ1) is 11.0. The molecule has 0 spiro atoms. The topological polar surface area (TPSA) is 53.2 Å². The number of hydrazine groups is 1. The number of para-hydroxylation sites is 1. The van der Waals surface area contributed by atoms with E-state index >= 15 is 0 Å². The van der Waals surface area contributed by atoms with E-state index in [1.165, 1.54) is 5.56 Å². The summed E-state index contributed by atoms with van der Waals surface area (Å²) >= 11 is 3.44. The van der Waals surface area contributed by atoms with Gasteiger partial charge in [0.1, 0.15) is 6.04 Å². The number of halogens is 1. The van der Waals surface area contributed by atoms with Crippen molar-refractivity contribution in [3.05, 3.63) is 63.6 Å². The van der Waals surface area contributed by atoms with E-state index in [1.54, 1.807) is 0 Å². The molecule has 120 valence electrons. The number of carbonyl (C=O) groups is 1. The van der Waals surface area contributed by atoms with Crippen LogP contribution in [0.3, 0.4) is 0 Å². The molecule has 0 bridgehead atoms. The fraction of sp³-hybridized carbons (Fsp3) is 0.278. The highest BCUT2D eigenvalue weighted by molar-refractivity contribution is 9.10. The number of carbonyl (C=O) groups excluding carboxylic acids is 1. The Morgan fingerprint density at radius 2 is 1.74 bits per heavy atom. The Hall–Kier alpha value is -1.69. The van der Waals surface area contributed by atoms with E-state index in [0.717, 1.165) is 27.7 Å². The highest BCUT2D eigenvalue weighted by Crippen LogP contribution is 2.25. The summed E-state index contributed by atoms with van der Waals surface area (Å²) in [5.74, 6) is -0.00508. The monoisotopic (exact) mass is 373 g/mol. The second-order valence-corrected chi connectivity index (χ2v) is 6.85. The van der Waals surface area contributed by atoms with Crippen molar-refractivity contribution in [2.75, 3.05) is 5.32 Å². The van der Waals surface area contributed by atoms with Gasteiger partial charge in [-0.2, -0.15) is 0 Å². The van der Waals surface area contributed by atoms with Crippen LogP contribution >= 0.6 is 15.9 Å². The summed E-state index contributed by atoms with van der Waals surface area (Å²) in [6.07, 6.45) is 0.721. The molecule has 1 fully saturated rings. The standard InChI is InChI=1S/C18H20BrN3O/c1-11-4-3-5-12(2)17(11)20-18(23)16-10-15(21-22-16)13-6-8-14(19)9-7-13/h3-9,15-16,21-22H,10H2,1-2H3,(H,20,23). The van der Waals surface area contributed by atoms with Crippen molar-refractivity contribution >= 4 is 27.5 Å². The first-order valence-corrected chi connectivity index (χ1v) is 8.47. The third-order valence-electron chi connectivity index (χ3n) is 4.22. The van der Waals surface area contributed by atoms with Crippen LogP contribution in [0.25, 0.3) is 0 Å². The van der Waals surface area contributed by atoms with Crippen LogP contribution in [0.2, 0.25) is 0 Å². The SMILES string of the molecule is Cc1cccc(C)c1NC(=O)C1CC(c2ccc(Br)cc2)NN1. The van der Waals surface area contributed by atoms with Crippen molar-refractivity contribution in [2.24, 2.45) is 0 Å². The molecular weight excluding hydrogens is 354 g/mol. The summed E-state index contributed by atoms with van der Waals surface area (Å²) in [5.41, 5.74) is 10.6. The van der Waals surface area contributed by atoms with Crippen LogP contribution < -0.4 is 16.2 Å². The predicted molar refractivity (Wildman–Crippen MR) is 96.1 cm³/mol. The number of anilines is 1. The van der Waals surface area contributed by atoms with E-state index < -0.39 is 0 Å². The Labute approximate surface area is 144 Å². The van der Waals surface area contributed by atoms with Gasteiger partial charge in [0.25, 0.3) is 0 Å². The fourth-order valence-corrected chi connectivity index (χ4v) is 3.13. The third-order valence-corrected chi connectivity index (χ3v) is 4.75. The molecule has 0 aliphatic carbocycles. The van der Waals surface area contributed by atoms with Gasteiger partial charge in [-0.1, -0.05) is 46.3 Å². The van der Waals surface area contributed by atoms with Gasteiger partial charge in [0, 0.05) is 16.2 Å². The molecule has 1 amide bonds. The molecule has 2 aromatic rings. The van der Waals surface area contributed by atoms with E-state index in [4.69, 9.17) is 0 Å². The van der Waals surface area contributed by atoms with Gasteiger partial charge >= 0.3 is 0 Å². The van der Waals surface area contributed by atoms with Crippen LogP contribution in [0.5, 0.6) is 0 Å². The van der Waals surface area contributed by atoms with E-state index in [-0.39, 0.29) is 18.0 Å². The number of hydrogen-bond donors (Lipinski definition) is 3. The Kier molecular flexibility index (Phi) is 4.80. The van der Waals surface area contributed by atoms with Crippen LogP contribution in [-0.4, -0.2) is 11.9 Å². The highest BCUT2D eigenvalue weighted by atomic mass is 79.9. The molecule has 0 radical (unpaired) electrons. The molecule has 1 aliphatic heterocycles. The first-order valence-electron chi connectivity index (χ1n) is 7.68. The lowest BCUT2D eigenvalue weighted by atomic mass is 10.0. The number of rotatable bonds is 3. The number of hydrogen-bond acceptors (Lipinski definition) is 3. The van der Waals surface area contributed by atoms with Crippen molar-refractivity contribution in [2.45, 2.75) is 32.4 Å². The minimum Gasteiger partial charge on any atom is -0.324 e. The van der Waals surface area contributed by atoms with Crippen molar-refractivity contribution in [3.63, 3.8) is 0 Å². The molecule has 2 aromatic carbocycles. The summed E-state index contributed by atoms with van der Waals surface area (Å²) in [5, 5.41) is 3.05. The maximum atomic E-state index is 12.5. The summed E-state index contributed by atoms with van der Waals surface area (Å²) < 4.78 is 1.05. The summed E-state index contributed by atoms with van der Waals surface area (Å²) in [7, 11) is 0. The Morgan fingerprint density at radius 3 is 2.39 bits per heavy atom. The number of nitrogens with one attached hydrogen (secondary N) is 3. The van der Waals surface area contributed by atoms with Crippen molar-refractivity contribution in [3.8, 4) is 0 Å². The molecule has 2 unspecified atom stereocenters. The summed E-state index contributed by atoms with van der Waals surface area (Å²) in [6.45, 7) is 4.02. The molecule has 1 saturated heterocycles. The maximum Gasteiger partial charge on any atom is 0.242 e. The van der Waals surface area contributed by atoms with Gasteiger partial charge in [-0.25, -0.2) is 10.9 Å². The Balaban J connectivity index is 1.67. The Morgan fingerprint density at radius 1 is 1.09 bits per heavy atom. The smallest absolute Gasteiger partial charge is 0.242 e. The second kappa shape index (κ2) is 6.83. The van der Waals surface area contributed by atoms with Crippen LogP contribution in [0.1, 0.15) is 29.2 Å². The lowest BCUT2D eigenvalue weighted by Gasteiger charge is -2.14. The molecule has 0 aromatic heterocycles. The van der Waals surface area contributed by atoms with Crippen molar-refractivity contribution < 1.29 is 4.79 Å². The van der Waals surface area contributed by atoms with E-state index in [0.29, 0.717) is 0 Å². The lowest BCUT2D eigenvalue weighted by molar-refractivity contribution is -0.117. The van der Waals surface area contributed by atoms with Crippen LogP contribution in [0.15, 0.2) is 46.9 Å². The average Bonchev–Trinajstić information content (AvgIpc) is 3.02. The molecule has 1 heterocycles. The van der Waals surface area contributed by atoms with Gasteiger partial charge in [0.15, 0.2) is 0 Å². The van der Waals surface area contributed by atoms with Crippen molar-refractivity contribution in [1.29, 1.82) is 0 Å². The summed E-state index contributed by atoms with van der Waals surface area (Å²) in [6, 6.07) is 14.1.